The topological polar surface area (TPSA) is 76.1 Å². The van der Waals surface area contributed by atoms with Gasteiger partial charge >= 0.3 is 6.09 Å². The predicted molar refractivity (Wildman–Crippen MR) is 115 cm³/mol. The van der Waals surface area contributed by atoms with Crippen LogP contribution in [0.5, 0.6) is 0 Å². The van der Waals surface area contributed by atoms with Crippen LogP contribution in [-0.2, 0) is 4.74 Å². The number of benzene rings is 3. The zero-order valence-corrected chi connectivity index (χ0v) is 16.6. The largest absolute Gasteiger partial charge is 0.448 e. The third-order valence-electron chi connectivity index (χ3n) is 5.46. The number of hydrogen-bond donors (Lipinski definition) is 2. The Morgan fingerprint density at radius 2 is 1.62 bits per heavy atom. The Balaban J connectivity index is 1.35. The molecule has 5 rings (SSSR count). The summed E-state index contributed by atoms with van der Waals surface area (Å²) in [5, 5.41) is 4.83. The second-order valence-electron chi connectivity index (χ2n) is 7.39. The summed E-state index contributed by atoms with van der Waals surface area (Å²) in [6, 6.07) is 19.8. The molecule has 1 aliphatic rings. The first-order chi connectivity index (χ1) is 15.5. The number of aromatic nitrogens is 2. The Labute approximate surface area is 181 Å². The van der Waals surface area contributed by atoms with E-state index in [0.29, 0.717) is 6.07 Å². The van der Waals surface area contributed by atoms with E-state index in [1.165, 1.54) is 0 Å². The maximum Gasteiger partial charge on any atom is 0.412 e. The lowest BCUT2D eigenvalue weighted by Gasteiger charge is -2.15. The van der Waals surface area contributed by atoms with Gasteiger partial charge in [0.2, 0.25) is 0 Å². The molecule has 0 spiro atoms. The molecule has 1 heterocycles. The highest BCUT2D eigenvalue weighted by Gasteiger charge is 2.29. The van der Waals surface area contributed by atoms with Crippen LogP contribution < -0.4 is 10.9 Å². The first kappa shape index (κ1) is 19.7. The molecule has 3 aromatic carbocycles. The van der Waals surface area contributed by atoms with Crippen molar-refractivity contribution >= 4 is 11.9 Å². The molecule has 0 unspecified atom stereocenters. The molecular formula is C24H17F2N3O3. The molecule has 0 bridgehead atoms. The summed E-state index contributed by atoms with van der Waals surface area (Å²) < 4.78 is 33.9. The quantitative estimate of drug-likeness (QED) is 0.485. The molecule has 1 amide bonds. The SMILES string of the molecule is O=C(Nc1cc(=O)[nH]n1-c1ccc(F)cc1F)OCC1c2ccccc2-c2ccccc21. The van der Waals surface area contributed by atoms with Crippen LogP contribution in [0.3, 0.4) is 0 Å². The van der Waals surface area contributed by atoms with Crippen LogP contribution in [0, 0.1) is 11.6 Å². The molecule has 0 radical (unpaired) electrons. The van der Waals surface area contributed by atoms with Crippen molar-refractivity contribution in [3.8, 4) is 16.8 Å². The van der Waals surface area contributed by atoms with Gasteiger partial charge in [-0.05, 0) is 34.4 Å². The molecule has 0 atom stereocenters. The van der Waals surface area contributed by atoms with Crippen LogP contribution in [0.15, 0.2) is 77.6 Å². The van der Waals surface area contributed by atoms with Crippen LogP contribution in [-0.4, -0.2) is 22.5 Å². The summed E-state index contributed by atoms with van der Waals surface area (Å²) in [5.41, 5.74) is 3.64. The van der Waals surface area contributed by atoms with Gasteiger partial charge in [0.1, 0.15) is 23.9 Å². The number of H-pyrrole nitrogens is 1. The van der Waals surface area contributed by atoms with Crippen LogP contribution >= 0.6 is 0 Å². The molecule has 6 nitrogen and oxygen atoms in total. The Bertz CT molecular complexity index is 1350. The van der Waals surface area contributed by atoms with Gasteiger partial charge in [0.15, 0.2) is 5.82 Å². The van der Waals surface area contributed by atoms with E-state index in [1.54, 1.807) is 0 Å². The monoisotopic (exact) mass is 433 g/mol. The highest BCUT2D eigenvalue weighted by molar-refractivity contribution is 5.84. The number of ether oxygens (including phenoxy) is 1. The molecule has 2 N–H and O–H groups in total. The minimum atomic E-state index is -0.896. The Morgan fingerprint density at radius 3 is 2.28 bits per heavy atom. The van der Waals surface area contributed by atoms with Gasteiger partial charge in [-0.25, -0.2) is 18.3 Å². The van der Waals surface area contributed by atoms with Crippen molar-refractivity contribution in [3.63, 3.8) is 0 Å². The van der Waals surface area contributed by atoms with E-state index in [0.717, 1.165) is 45.1 Å². The predicted octanol–water partition coefficient (Wildman–Crippen LogP) is 4.80. The second kappa shape index (κ2) is 7.81. The normalized spacial score (nSPS) is 12.3. The number of halogens is 2. The average molecular weight is 433 g/mol. The zero-order chi connectivity index (χ0) is 22.2. The van der Waals surface area contributed by atoms with E-state index in [4.69, 9.17) is 4.74 Å². The third-order valence-corrected chi connectivity index (χ3v) is 5.46. The fourth-order valence-corrected chi connectivity index (χ4v) is 4.08. The van der Waals surface area contributed by atoms with Crippen LogP contribution in [0.1, 0.15) is 17.0 Å². The molecule has 8 heteroatoms. The van der Waals surface area contributed by atoms with Gasteiger partial charge in [-0.1, -0.05) is 48.5 Å². The number of nitrogens with one attached hydrogen (secondary N) is 2. The molecular weight excluding hydrogens is 416 g/mol. The molecule has 1 aliphatic carbocycles. The lowest BCUT2D eigenvalue weighted by atomic mass is 9.98. The standard InChI is InChI=1S/C24H17F2N3O3/c25-14-9-10-21(20(26)11-14)29-22(12-23(30)28-29)27-24(31)32-13-19-17-7-3-1-5-15(17)16-6-2-4-8-18(16)19/h1-12,19H,13H2,(H,27,31)(H,28,30). The molecule has 1 aromatic heterocycles. The van der Waals surface area contributed by atoms with Gasteiger partial charge in [-0.15, -0.1) is 0 Å². The van der Waals surface area contributed by atoms with Gasteiger partial charge in [-0.3, -0.25) is 15.2 Å². The molecule has 0 aliphatic heterocycles. The molecule has 0 fully saturated rings. The number of anilines is 1. The molecule has 32 heavy (non-hydrogen) atoms. The summed E-state index contributed by atoms with van der Waals surface area (Å²) in [7, 11) is 0. The summed E-state index contributed by atoms with van der Waals surface area (Å²) in [5.74, 6) is -1.81. The average Bonchev–Trinajstić information content (AvgIpc) is 3.29. The lowest BCUT2D eigenvalue weighted by molar-refractivity contribution is 0.158. The van der Waals surface area contributed by atoms with Crippen molar-refractivity contribution < 1.29 is 18.3 Å². The summed E-state index contributed by atoms with van der Waals surface area (Å²) in [6.45, 7) is 0.0828. The number of nitrogens with zero attached hydrogens (tertiary/aromatic N) is 1. The summed E-state index contributed by atoms with van der Waals surface area (Å²) in [4.78, 5) is 24.3. The second-order valence-corrected chi connectivity index (χ2v) is 7.39. The number of fused-ring (bicyclic) bond motifs is 3. The lowest BCUT2D eigenvalue weighted by Crippen LogP contribution is -2.19. The summed E-state index contributed by atoms with van der Waals surface area (Å²) >= 11 is 0. The van der Waals surface area contributed by atoms with E-state index in [9.17, 15) is 18.4 Å². The number of carbonyl (C=O) groups is 1. The van der Waals surface area contributed by atoms with Gasteiger partial charge in [0.25, 0.3) is 5.56 Å². The summed E-state index contributed by atoms with van der Waals surface area (Å²) in [6.07, 6.45) is -0.804. The van der Waals surface area contributed by atoms with Crippen molar-refractivity contribution in [1.82, 2.24) is 9.78 Å². The van der Waals surface area contributed by atoms with Crippen molar-refractivity contribution in [1.29, 1.82) is 0 Å². The molecule has 160 valence electrons. The van der Waals surface area contributed by atoms with Gasteiger partial charge in [0, 0.05) is 18.1 Å². The zero-order valence-electron chi connectivity index (χ0n) is 16.6. The van der Waals surface area contributed by atoms with E-state index >= 15 is 0 Å². The molecule has 0 saturated carbocycles. The van der Waals surface area contributed by atoms with Gasteiger partial charge < -0.3 is 4.74 Å². The van der Waals surface area contributed by atoms with E-state index < -0.39 is 23.3 Å². The maximum atomic E-state index is 14.2. The smallest absolute Gasteiger partial charge is 0.412 e. The Morgan fingerprint density at radius 1 is 0.969 bits per heavy atom. The van der Waals surface area contributed by atoms with Gasteiger partial charge in [0.05, 0.1) is 0 Å². The minimum Gasteiger partial charge on any atom is -0.448 e. The van der Waals surface area contributed by atoms with Crippen molar-refractivity contribution in [2.45, 2.75) is 5.92 Å². The fourth-order valence-electron chi connectivity index (χ4n) is 4.08. The number of hydrogen-bond acceptors (Lipinski definition) is 3. The van der Waals surface area contributed by atoms with E-state index in [2.05, 4.69) is 10.4 Å². The molecule has 0 saturated heterocycles. The van der Waals surface area contributed by atoms with Crippen molar-refractivity contribution in [2.24, 2.45) is 0 Å². The first-order valence-corrected chi connectivity index (χ1v) is 9.91. The Hall–Kier alpha value is -4.20. The highest BCUT2D eigenvalue weighted by atomic mass is 19.1. The minimum absolute atomic E-state index is 0.0299. The first-order valence-electron chi connectivity index (χ1n) is 9.91. The number of amides is 1. The van der Waals surface area contributed by atoms with Crippen LogP contribution in [0.4, 0.5) is 19.4 Å². The Kier molecular flexibility index (Phi) is 4.82. The fraction of sp³-hybridized carbons (Fsp3) is 0.0833. The van der Waals surface area contributed by atoms with Crippen molar-refractivity contribution in [3.05, 3.63) is 106 Å². The number of aromatic amines is 1. The number of rotatable bonds is 4. The van der Waals surface area contributed by atoms with Crippen LogP contribution in [0.2, 0.25) is 0 Å². The third kappa shape index (κ3) is 3.45. The van der Waals surface area contributed by atoms with E-state index in [1.807, 2.05) is 48.5 Å². The van der Waals surface area contributed by atoms with Crippen molar-refractivity contribution in [2.75, 3.05) is 11.9 Å². The maximum absolute atomic E-state index is 14.2. The van der Waals surface area contributed by atoms with Crippen LogP contribution in [0.25, 0.3) is 16.8 Å². The molecule has 4 aromatic rings. The van der Waals surface area contributed by atoms with Gasteiger partial charge in [-0.2, -0.15) is 0 Å². The number of carbonyl (C=O) groups excluding carboxylic acids is 1. The van der Waals surface area contributed by atoms with E-state index in [-0.39, 0.29) is 24.0 Å². The highest BCUT2D eigenvalue weighted by Crippen LogP contribution is 2.44.